The number of phenolic OH excluding ortho intramolecular Hbond substituents is 1. The number of unbranched alkanes of at least 4 members (excludes halogenated alkanes) is 1. The van der Waals surface area contributed by atoms with Gasteiger partial charge in [-0.25, -0.2) is 0 Å². The zero-order valence-electron chi connectivity index (χ0n) is 32.4. The number of aliphatic hydroxyl groups is 2. The maximum atomic E-state index is 13.8. The highest BCUT2D eigenvalue weighted by atomic mass is 16.5. The van der Waals surface area contributed by atoms with E-state index in [0.29, 0.717) is 49.4 Å². The van der Waals surface area contributed by atoms with Gasteiger partial charge in [0.15, 0.2) is 11.5 Å². The number of hydrogen-bond donors (Lipinski definition) is 3. The number of ketones is 1. The lowest BCUT2D eigenvalue weighted by molar-refractivity contribution is -0.121. The minimum Gasteiger partial charge on any atom is -0.508 e. The van der Waals surface area contributed by atoms with Gasteiger partial charge in [0.05, 0.1) is 7.11 Å². The van der Waals surface area contributed by atoms with E-state index in [2.05, 4.69) is 61.4 Å². The van der Waals surface area contributed by atoms with Gasteiger partial charge >= 0.3 is 0 Å². The van der Waals surface area contributed by atoms with Gasteiger partial charge in [-0.2, -0.15) is 0 Å². The molecular formula is C49H52O7. The van der Waals surface area contributed by atoms with Crippen LogP contribution < -0.4 is 9.47 Å². The Kier molecular flexibility index (Phi) is 12.2. The Morgan fingerprint density at radius 1 is 0.982 bits per heavy atom. The van der Waals surface area contributed by atoms with Crippen LogP contribution in [0.5, 0.6) is 17.2 Å². The summed E-state index contributed by atoms with van der Waals surface area (Å²) in [5, 5.41) is 34.6. The lowest BCUT2D eigenvalue weighted by Gasteiger charge is -2.41. The molecule has 0 aromatic heterocycles. The zero-order valence-corrected chi connectivity index (χ0v) is 32.4. The predicted molar refractivity (Wildman–Crippen MR) is 221 cm³/mol. The fourth-order valence-corrected chi connectivity index (χ4v) is 8.84. The van der Waals surface area contributed by atoms with Crippen LogP contribution in [0.1, 0.15) is 91.2 Å². The molecule has 0 fully saturated rings. The number of rotatable bonds is 10. The van der Waals surface area contributed by atoms with Crippen LogP contribution in [0.15, 0.2) is 96.8 Å². The summed E-state index contributed by atoms with van der Waals surface area (Å²) in [6.45, 7) is 2.36. The molecule has 4 atom stereocenters. The standard InChI is InChI=1S/C49H52O7/c1-33-14-21-41-36-17-22-43-42(45(53)29-44(33)48(41)43)13-8-26-55-40(28-38(51)19-15-35-16-23-46(54-2)47(27-35)56-32-36)31-49(24-25-50)30-39(52)20-18-37(49)12-7-6-11-34-9-4-3-5-10-34/h3-5,9-10,14,16-18,20-23,27,29-30,33,37,40,50,52-53H,6-7,11-13,15,19,24-25,28,31-32H2,1-2H3. The van der Waals surface area contributed by atoms with Gasteiger partial charge in [0.2, 0.25) is 0 Å². The number of aromatic hydroxyl groups is 1. The number of benzene rings is 4. The molecule has 4 unspecified atom stereocenters. The molecule has 56 heavy (non-hydrogen) atoms. The molecule has 7 nitrogen and oxygen atoms in total. The van der Waals surface area contributed by atoms with Crippen LogP contribution in [0.25, 0.3) is 16.8 Å². The van der Waals surface area contributed by atoms with Crippen molar-refractivity contribution in [2.24, 2.45) is 11.3 Å². The third-order valence-corrected chi connectivity index (χ3v) is 11.8. The number of Topliss-reactive ketones (excluding diaryl/α,β-unsaturated/α-hetero) is 1. The molecule has 3 N–H and O–H groups in total. The van der Waals surface area contributed by atoms with Gasteiger partial charge in [0.25, 0.3) is 0 Å². The number of aliphatic hydroxyl groups excluding tert-OH is 2. The maximum Gasteiger partial charge on any atom is 0.161 e. The predicted octanol–water partition coefficient (Wildman–Crippen LogP) is 9.86. The lowest BCUT2D eigenvalue weighted by Crippen LogP contribution is -2.36. The summed E-state index contributed by atoms with van der Waals surface area (Å²) in [7, 11) is 1.62. The second-order valence-corrected chi connectivity index (χ2v) is 15.6. The third kappa shape index (κ3) is 8.67. The fourth-order valence-electron chi connectivity index (χ4n) is 8.84. The molecule has 0 saturated heterocycles. The van der Waals surface area contributed by atoms with Crippen molar-refractivity contribution >= 4 is 22.6 Å². The first-order valence-corrected chi connectivity index (χ1v) is 19.9. The van der Waals surface area contributed by atoms with E-state index in [1.165, 1.54) is 5.56 Å². The van der Waals surface area contributed by atoms with E-state index >= 15 is 0 Å². The van der Waals surface area contributed by atoms with Gasteiger partial charge in [0.1, 0.15) is 36.1 Å². The van der Waals surface area contributed by atoms with Crippen molar-refractivity contribution in [2.45, 2.75) is 89.8 Å². The van der Waals surface area contributed by atoms with Crippen molar-refractivity contribution in [3.05, 3.63) is 130 Å². The van der Waals surface area contributed by atoms with Crippen molar-refractivity contribution in [3.8, 4) is 29.3 Å². The molecule has 4 aromatic carbocycles. The van der Waals surface area contributed by atoms with Crippen molar-refractivity contribution in [3.63, 3.8) is 0 Å². The number of methoxy groups -OCH3 is 1. The van der Waals surface area contributed by atoms with E-state index in [4.69, 9.17) is 14.2 Å². The first kappa shape index (κ1) is 38.8. The average molecular weight is 753 g/mol. The van der Waals surface area contributed by atoms with Crippen LogP contribution in [0.4, 0.5) is 0 Å². The molecule has 6 bridgehead atoms. The maximum absolute atomic E-state index is 13.8. The minimum absolute atomic E-state index is 0.0265. The van der Waals surface area contributed by atoms with Crippen LogP contribution in [0.3, 0.4) is 0 Å². The molecule has 4 aromatic rings. The Labute approximate surface area is 330 Å². The van der Waals surface area contributed by atoms with Crippen molar-refractivity contribution in [1.29, 1.82) is 0 Å². The number of ether oxygens (including phenoxy) is 3. The van der Waals surface area contributed by atoms with Crippen LogP contribution >= 0.6 is 0 Å². The smallest absolute Gasteiger partial charge is 0.161 e. The quantitative estimate of drug-likeness (QED) is 0.109. The van der Waals surface area contributed by atoms with E-state index in [1.54, 1.807) is 13.2 Å². The number of aryl methyl sites for hydroxylation is 2. The van der Waals surface area contributed by atoms with Gasteiger partial charge in [-0.15, -0.1) is 0 Å². The summed E-state index contributed by atoms with van der Waals surface area (Å²) in [5.74, 6) is 4.90. The second kappa shape index (κ2) is 17.6. The molecule has 2 heterocycles. The minimum atomic E-state index is -0.638. The Morgan fingerprint density at radius 3 is 2.66 bits per heavy atom. The molecule has 2 aliphatic heterocycles. The molecular weight excluding hydrogens is 701 g/mol. The van der Waals surface area contributed by atoms with E-state index in [1.807, 2.05) is 48.5 Å². The normalized spacial score (nSPS) is 21.9. The van der Waals surface area contributed by atoms with Crippen LogP contribution in [0, 0.1) is 23.4 Å². The number of allylic oxidation sites excluding steroid dienone is 4. The van der Waals surface area contributed by atoms with Crippen molar-refractivity contribution in [2.75, 3.05) is 13.7 Å². The first-order valence-electron chi connectivity index (χ1n) is 19.9. The molecule has 0 amide bonds. The van der Waals surface area contributed by atoms with Crippen molar-refractivity contribution < 1.29 is 34.3 Å². The molecule has 4 aliphatic rings. The van der Waals surface area contributed by atoms with E-state index in [-0.39, 0.29) is 48.6 Å². The molecule has 2 aliphatic carbocycles. The van der Waals surface area contributed by atoms with Gasteiger partial charge in [0, 0.05) is 42.8 Å². The fraction of sp³-hybridized carbons (Fsp3) is 0.367. The Balaban J connectivity index is 1.21. The topological polar surface area (TPSA) is 105 Å². The SMILES string of the molecule is COc1ccc2cc1OCc1ccc3c(c(O)cc4c3c1C=CC4C)CC#COC(CC1(CCO)C=C(O)C=CC1CCCCc1ccccc1)CC(=O)CC2. The Morgan fingerprint density at radius 2 is 1.84 bits per heavy atom. The van der Waals surface area contributed by atoms with E-state index < -0.39 is 11.5 Å². The van der Waals surface area contributed by atoms with E-state index in [0.717, 1.165) is 58.7 Å². The summed E-state index contributed by atoms with van der Waals surface area (Å²) in [6, 6.07) is 22.2. The third-order valence-electron chi connectivity index (χ3n) is 11.8. The molecule has 0 saturated carbocycles. The second-order valence-electron chi connectivity index (χ2n) is 15.6. The average Bonchev–Trinajstić information content (AvgIpc) is 3.19. The number of hydrogen-bond acceptors (Lipinski definition) is 7. The molecule has 0 spiro atoms. The zero-order chi connectivity index (χ0) is 39.1. The number of phenols is 1. The van der Waals surface area contributed by atoms with Crippen LogP contribution in [0.2, 0.25) is 0 Å². The van der Waals surface area contributed by atoms with Crippen molar-refractivity contribution in [1.82, 2.24) is 0 Å². The van der Waals surface area contributed by atoms with Crippen LogP contribution in [-0.2, 0) is 35.4 Å². The van der Waals surface area contributed by atoms with Gasteiger partial charge in [-0.3, -0.25) is 4.79 Å². The number of carbonyl (C=O) groups excluding carboxylic acids is 1. The van der Waals surface area contributed by atoms with Gasteiger partial charge in [-0.05, 0) is 113 Å². The van der Waals surface area contributed by atoms with Gasteiger partial charge < -0.3 is 29.5 Å². The molecule has 8 rings (SSSR count). The summed E-state index contributed by atoms with van der Waals surface area (Å²) < 4.78 is 18.4. The Hall–Kier alpha value is -5.45. The van der Waals surface area contributed by atoms with Gasteiger partial charge in [-0.1, -0.05) is 86.0 Å². The summed E-state index contributed by atoms with van der Waals surface area (Å²) >= 11 is 0. The molecule has 0 radical (unpaired) electrons. The van der Waals surface area contributed by atoms with E-state index in [9.17, 15) is 20.1 Å². The largest absolute Gasteiger partial charge is 0.508 e. The monoisotopic (exact) mass is 752 g/mol. The highest BCUT2D eigenvalue weighted by molar-refractivity contribution is 6.00. The summed E-state index contributed by atoms with van der Waals surface area (Å²) in [4.78, 5) is 13.8. The lowest BCUT2D eigenvalue weighted by atomic mass is 9.65. The summed E-state index contributed by atoms with van der Waals surface area (Å²) in [5.41, 5.74) is 5.46. The highest BCUT2D eigenvalue weighted by Gasteiger charge is 2.40. The molecule has 7 heteroatoms. The first-order chi connectivity index (χ1) is 27.3. The van der Waals surface area contributed by atoms with Crippen LogP contribution in [-0.4, -0.2) is 40.9 Å². The Bertz CT molecular complexity index is 2200. The number of carbonyl (C=O) groups is 1. The summed E-state index contributed by atoms with van der Waals surface area (Å²) in [6.07, 6.45) is 18.1. The highest BCUT2D eigenvalue weighted by Crippen LogP contribution is 2.46. The number of fused-ring (bicyclic) bond motifs is 9. The molecule has 290 valence electrons.